The van der Waals surface area contributed by atoms with Gasteiger partial charge >= 0.3 is 0 Å². The molecule has 0 bridgehead atoms. The van der Waals surface area contributed by atoms with Crippen molar-refractivity contribution in [1.29, 1.82) is 0 Å². The summed E-state index contributed by atoms with van der Waals surface area (Å²) in [6, 6.07) is 5.51. The summed E-state index contributed by atoms with van der Waals surface area (Å²) in [7, 11) is 3.19. The molecule has 0 amide bonds. The average molecular weight is 206 g/mol. The Bertz CT molecular complexity index is 358. The van der Waals surface area contributed by atoms with E-state index in [1.807, 2.05) is 19.1 Å². The van der Waals surface area contributed by atoms with Crippen molar-refractivity contribution in [2.75, 3.05) is 14.2 Å². The molecule has 1 aromatic carbocycles. The van der Waals surface area contributed by atoms with Crippen molar-refractivity contribution in [1.82, 2.24) is 0 Å². The summed E-state index contributed by atoms with van der Waals surface area (Å²) in [5, 5.41) is 0. The van der Waals surface area contributed by atoms with Gasteiger partial charge in [0.05, 0.1) is 14.2 Å². The highest BCUT2D eigenvalue weighted by atomic mass is 16.5. The van der Waals surface area contributed by atoms with Gasteiger partial charge in [-0.2, -0.15) is 0 Å². The average Bonchev–Trinajstić information content (AvgIpc) is 2.28. The number of allylic oxidation sites excluding steroid dienone is 2. The van der Waals surface area contributed by atoms with Crippen LogP contribution in [0.15, 0.2) is 24.3 Å². The van der Waals surface area contributed by atoms with Crippen molar-refractivity contribution in [2.45, 2.75) is 6.92 Å². The molecule has 0 aliphatic carbocycles. The predicted molar refractivity (Wildman–Crippen MR) is 59.3 cm³/mol. The lowest BCUT2D eigenvalue weighted by molar-refractivity contribution is -0.104. The van der Waals surface area contributed by atoms with E-state index in [4.69, 9.17) is 9.47 Å². The quantitative estimate of drug-likeness (QED) is 0.560. The van der Waals surface area contributed by atoms with Crippen LogP contribution >= 0.6 is 0 Å². The first-order valence-corrected chi connectivity index (χ1v) is 4.56. The molecule has 0 saturated carbocycles. The predicted octanol–water partition coefficient (Wildman–Crippen LogP) is 2.31. The first kappa shape index (κ1) is 11.3. The zero-order valence-electron chi connectivity index (χ0n) is 9.11. The Morgan fingerprint density at radius 1 is 1.13 bits per heavy atom. The number of methoxy groups -OCH3 is 2. The molecule has 0 saturated heterocycles. The molecule has 15 heavy (non-hydrogen) atoms. The number of hydrogen-bond acceptors (Lipinski definition) is 3. The minimum absolute atomic E-state index is 0.711. The summed E-state index contributed by atoms with van der Waals surface area (Å²) in [6.45, 7) is 1.86. The smallest absolute Gasteiger partial charge is 0.143 e. The second-order valence-electron chi connectivity index (χ2n) is 3.09. The van der Waals surface area contributed by atoms with Crippen molar-refractivity contribution in [3.8, 4) is 11.5 Å². The van der Waals surface area contributed by atoms with Crippen molar-refractivity contribution < 1.29 is 14.3 Å². The molecule has 0 aliphatic heterocycles. The lowest BCUT2D eigenvalue weighted by Gasteiger charge is -2.08. The molecule has 0 heterocycles. The summed E-state index contributed by atoms with van der Waals surface area (Å²) >= 11 is 0. The molecule has 0 aliphatic rings. The van der Waals surface area contributed by atoms with E-state index in [2.05, 4.69) is 0 Å². The van der Waals surface area contributed by atoms with Crippen LogP contribution in [-0.2, 0) is 4.79 Å². The number of hydrogen-bond donors (Lipinski definition) is 0. The summed E-state index contributed by atoms with van der Waals surface area (Å²) in [4.78, 5) is 10.4. The Balaban J connectivity index is 3.17. The maximum absolute atomic E-state index is 10.4. The van der Waals surface area contributed by atoms with E-state index in [1.54, 1.807) is 20.3 Å². The topological polar surface area (TPSA) is 35.5 Å². The second kappa shape index (κ2) is 5.20. The van der Waals surface area contributed by atoms with E-state index >= 15 is 0 Å². The number of benzene rings is 1. The highest BCUT2D eigenvalue weighted by molar-refractivity contribution is 5.81. The van der Waals surface area contributed by atoms with E-state index in [0.29, 0.717) is 11.5 Å². The molecule has 80 valence electrons. The lowest BCUT2D eigenvalue weighted by Crippen LogP contribution is -1.90. The van der Waals surface area contributed by atoms with Gasteiger partial charge in [-0.1, -0.05) is 0 Å². The van der Waals surface area contributed by atoms with Crippen LogP contribution in [0, 0.1) is 0 Å². The number of carbonyl (C=O) groups is 1. The molecular formula is C12H14O3. The van der Waals surface area contributed by atoms with Crippen LogP contribution in [0.2, 0.25) is 0 Å². The maximum Gasteiger partial charge on any atom is 0.143 e. The molecule has 3 nitrogen and oxygen atoms in total. The Kier molecular flexibility index (Phi) is 3.92. The van der Waals surface area contributed by atoms with E-state index in [9.17, 15) is 4.79 Å². The molecule has 3 heteroatoms. The van der Waals surface area contributed by atoms with Gasteiger partial charge in [-0.25, -0.2) is 0 Å². The van der Waals surface area contributed by atoms with E-state index < -0.39 is 0 Å². The van der Waals surface area contributed by atoms with Gasteiger partial charge in [0.1, 0.15) is 17.8 Å². The Morgan fingerprint density at radius 2 is 1.67 bits per heavy atom. The summed E-state index contributed by atoms with van der Waals surface area (Å²) in [5.41, 5.74) is 1.79. The van der Waals surface area contributed by atoms with Gasteiger partial charge < -0.3 is 9.47 Å². The van der Waals surface area contributed by atoms with Crippen LogP contribution in [0.5, 0.6) is 11.5 Å². The molecule has 1 rings (SSSR count). The van der Waals surface area contributed by atoms with Crippen molar-refractivity contribution in [3.63, 3.8) is 0 Å². The van der Waals surface area contributed by atoms with Crippen LogP contribution < -0.4 is 9.47 Å². The van der Waals surface area contributed by atoms with Crippen LogP contribution in [0.1, 0.15) is 12.5 Å². The van der Waals surface area contributed by atoms with Crippen LogP contribution in [0.4, 0.5) is 0 Å². The summed E-state index contributed by atoms with van der Waals surface area (Å²) in [5.74, 6) is 1.42. The third kappa shape index (κ3) is 2.84. The highest BCUT2D eigenvalue weighted by Crippen LogP contribution is 2.26. The van der Waals surface area contributed by atoms with Gasteiger partial charge in [0.2, 0.25) is 0 Å². The van der Waals surface area contributed by atoms with Crippen molar-refractivity contribution in [3.05, 3.63) is 29.8 Å². The standard InChI is InChI=1S/C12H14O3/c1-9(4-5-13)10-6-11(14-2)8-12(7-10)15-3/h4-8H,1-3H3/b9-4-. The molecule has 0 aromatic heterocycles. The third-order valence-corrected chi connectivity index (χ3v) is 2.12. The Morgan fingerprint density at radius 3 is 2.07 bits per heavy atom. The minimum atomic E-state index is 0.711. The van der Waals surface area contributed by atoms with Crippen molar-refractivity contribution >= 4 is 11.9 Å². The van der Waals surface area contributed by atoms with Gasteiger partial charge in [-0.3, -0.25) is 4.79 Å². The minimum Gasteiger partial charge on any atom is -0.497 e. The first-order valence-electron chi connectivity index (χ1n) is 4.56. The molecule has 0 N–H and O–H groups in total. The van der Waals surface area contributed by atoms with Gasteiger partial charge in [-0.05, 0) is 36.3 Å². The van der Waals surface area contributed by atoms with Gasteiger partial charge in [-0.15, -0.1) is 0 Å². The fourth-order valence-electron chi connectivity index (χ4n) is 1.23. The summed E-state index contributed by atoms with van der Waals surface area (Å²) in [6.07, 6.45) is 2.27. The largest absolute Gasteiger partial charge is 0.497 e. The Hall–Kier alpha value is -1.77. The number of rotatable bonds is 4. The fourth-order valence-corrected chi connectivity index (χ4v) is 1.23. The first-order chi connectivity index (χ1) is 7.21. The molecular weight excluding hydrogens is 192 g/mol. The van der Waals surface area contributed by atoms with Gasteiger partial charge in [0, 0.05) is 6.07 Å². The van der Waals surface area contributed by atoms with E-state index in [0.717, 1.165) is 17.4 Å². The number of ether oxygens (including phenoxy) is 2. The number of aldehydes is 1. The number of carbonyl (C=O) groups excluding carboxylic acids is 1. The SMILES string of the molecule is COc1cc(OC)cc(/C(C)=C\C=O)c1. The summed E-state index contributed by atoms with van der Waals surface area (Å²) < 4.78 is 10.3. The molecule has 0 spiro atoms. The zero-order valence-corrected chi connectivity index (χ0v) is 9.11. The Labute approximate surface area is 89.3 Å². The zero-order chi connectivity index (χ0) is 11.3. The fraction of sp³-hybridized carbons (Fsp3) is 0.250. The molecule has 0 atom stereocenters. The van der Waals surface area contributed by atoms with E-state index in [-0.39, 0.29) is 0 Å². The third-order valence-electron chi connectivity index (χ3n) is 2.12. The normalized spacial score (nSPS) is 11.0. The second-order valence-corrected chi connectivity index (χ2v) is 3.09. The highest BCUT2D eigenvalue weighted by Gasteiger charge is 2.02. The lowest BCUT2D eigenvalue weighted by atomic mass is 10.1. The van der Waals surface area contributed by atoms with Gasteiger partial charge in [0.25, 0.3) is 0 Å². The maximum atomic E-state index is 10.4. The van der Waals surface area contributed by atoms with E-state index in [1.165, 1.54) is 6.08 Å². The molecule has 0 radical (unpaired) electrons. The molecule has 0 fully saturated rings. The van der Waals surface area contributed by atoms with Gasteiger partial charge in [0.15, 0.2) is 0 Å². The monoisotopic (exact) mass is 206 g/mol. The molecule has 0 unspecified atom stereocenters. The van der Waals surface area contributed by atoms with Crippen LogP contribution in [0.3, 0.4) is 0 Å². The van der Waals surface area contributed by atoms with Crippen LogP contribution in [-0.4, -0.2) is 20.5 Å². The molecule has 1 aromatic rings. The van der Waals surface area contributed by atoms with Crippen molar-refractivity contribution in [2.24, 2.45) is 0 Å². The van der Waals surface area contributed by atoms with Crippen LogP contribution in [0.25, 0.3) is 5.57 Å².